The zero-order chi connectivity index (χ0) is 14.8. The highest BCUT2D eigenvalue weighted by molar-refractivity contribution is 6.04. The van der Waals surface area contributed by atoms with E-state index in [1.54, 1.807) is 24.3 Å². The molecule has 0 saturated carbocycles. The van der Waals surface area contributed by atoms with Crippen molar-refractivity contribution in [2.75, 3.05) is 5.32 Å². The van der Waals surface area contributed by atoms with Gasteiger partial charge >= 0.3 is 0 Å². The van der Waals surface area contributed by atoms with Gasteiger partial charge in [0.15, 0.2) is 5.78 Å². The Hall–Kier alpha value is -2.50. The average Bonchev–Trinajstić information content (AvgIpc) is 2.91. The summed E-state index contributed by atoms with van der Waals surface area (Å²) < 4.78 is 1.95. The van der Waals surface area contributed by atoms with Crippen molar-refractivity contribution in [1.29, 1.82) is 0 Å². The fourth-order valence-electron chi connectivity index (χ4n) is 2.43. The van der Waals surface area contributed by atoms with Crippen molar-refractivity contribution in [2.24, 2.45) is 0 Å². The van der Waals surface area contributed by atoms with Crippen molar-refractivity contribution in [1.82, 2.24) is 14.8 Å². The molecule has 6 nitrogen and oxygen atoms in total. The SMILES string of the molecule is CC(=O)c1ccc(C(=O)Nc2nnc3n2CCCC3)cc1. The number of nitrogens with one attached hydrogen (secondary N) is 1. The standard InChI is InChI=1S/C15H16N4O2/c1-10(20)11-5-7-12(8-6-11)14(21)16-15-18-17-13-4-2-3-9-19(13)15/h5-8H,2-4,9H2,1H3,(H,16,18,21). The maximum atomic E-state index is 12.2. The summed E-state index contributed by atoms with van der Waals surface area (Å²) in [6.07, 6.45) is 3.08. The lowest BCUT2D eigenvalue weighted by atomic mass is 10.1. The number of Topliss-reactive ketones (excluding diaryl/α,β-unsaturated/α-hetero) is 1. The lowest BCUT2D eigenvalue weighted by Gasteiger charge is -2.14. The van der Waals surface area contributed by atoms with E-state index in [0.717, 1.165) is 31.6 Å². The quantitative estimate of drug-likeness (QED) is 0.875. The first-order valence-electron chi connectivity index (χ1n) is 6.99. The predicted molar refractivity (Wildman–Crippen MR) is 77.4 cm³/mol. The van der Waals surface area contributed by atoms with Gasteiger partial charge in [0.05, 0.1) is 0 Å². The summed E-state index contributed by atoms with van der Waals surface area (Å²) in [5.74, 6) is 1.15. The van der Waals surface area contributed by atoms with Gasteiger partial charge in [-0.2, -0.15) is 0 Å². The van der Waals surface area contributed by atoms with Crippen LogP contribution in [0.2, 0.25) is 0 Å². The van der Waals surface area contributed by atoms with E-state index in [1.165, 1.54) is 6.92 Å². The number of ketones is 1. The molecule has 1 amide bonds. The number of hydrogen-bond acceptors (Lipinski definition) is 4. The predicted octanol–water partition coefficient (Wildman–Crippen LogP) is 2.07. The van der Waals surface area contributed by atoms with Gasteiger partial charge in [-0.05, 0) is 31.9 Å². The zero-order valence-corrected chi connectivity index (χ0v) is 11.8. The van der Waals surface area contributed by atoms with E-state index in [2.05, 4.69) is 15.5 Å². The van der Waals surface area contributed by atoms with E-state index in [1.807, 2.05) is 4.57 Å². The van der Waals surface area contributed by atoms with E-state index in [0.29, 0.717) is 17.1 Å². The van der Waals surface area contributed by atoms with Crippen molar-refractivity contribution < 1.29 is 9.59 Å². The number of carbonyl (C=O) groups excluding carboxylic acids is 2. The summed E-state index contributed by atoms with van der Waals surface area (Å²) in [6.45, 7) is 2.33. The second-order valence-electron chi connectivity index (χ2n) is 5.14. The van der Waals surface area contributed by atoms with Crippen LogP contribution in [-0.4, -0.2) is 26.5 Å². The van der Waals surface area contributed by atoms with Gasteiger partial charge in [0.25, 0.3) is 5.91 Å². The first-order chi connectivity index (χ1) is 10.1. The van der Waals surface area contributed by atoms with Crippen LogP contribution in [0.4, 0.5) is 5.95 Å². The summed E-state index contributed by atoms with van der Waals surface area (Å²) in [4.78, 5) is 23.4. The molecule has 1 aromatic carbocycles. The summed E-state index contributed by atoms with van der Waals surface area (Å²) in [5.41, 5.74) is 1.08. The molecule has 0 spiro atoms. The Bertz CT molecular complexity index is 688. The fourth-order valence-corrected chi connectivity index (χ4v) is 2.43. The van der Waals surface area contributed by atoms with E-state index < -0.39 is 0 Å². The minimum atomic E-state index is -0.245. The summed E-state index contributed by atoms with van der Waals surface area (Å²) in [7, 11) is 0. The Morgan fingerprint density at radius 3 is 2.52 bits per heavy atom. The van der Waals surface area contributed by atoms with Gasteiger partial charge in [-0.3, -0.25) is 19.5 Å². The molecule has 0 bridgehead atoms. The third-order valence-electron chi connectivity index (χ3n) is 3.64. The second-order valence-corrected chi connectivity index (χ2v) is 5.14. The molecular weight excluding hydrogens is 268 g/mol. The molecule has 1 aliphatic heterocycles. The van der Waals surface area contributed by atoms with Crippen molar-refractivity contribution in [3.8, 4) is 0 Å². The van der Waals surface area contributed by atoms with Gasteiger partial charge in [-0.1, -0.05) is 12.1 Å². The maximum absolute atomic E-state index is 12.2. The fraction of sp³-hybridized carbons (Fsp3) is 0.333. The Balaban J connectivity index is 1.77. The van der Waals surface area contributed by atoms with Crippen LogP contribution in [0.5, 0.6) is 0 Å². The molecule has 108 valence electrons. The van der Waals surface area contributed by atoms with Crippen LogP contribution < -0.4 is 5.32 Å². The summed E-state index contributed by atoms with van der Waals surface area (Å²) in [6, 6.07) is 6.58. The van der Waals surface area contributed by atoms with E-state index >= 15 is 0 Å². The number of rotatable bonds is 3. The molecule has 0 fully saturated rings. The average molecular weight is 284 g/mol. The normalized spacial score (nSPS) is 13.6. The van der Waals surface area contributed by atoms with Crippen LogP contribution in [-0.2, 0) is 13.0 Å². The Morgan fingerprint density at radius 2 is 1.81 bits per heavy atom. The van der Waals surface area contributed by atoms with Gasteiger partial charge in [0.1, 0.15) is 5.82 Å². The van der Waals surface area contributed by atoms with Gasteiger partial charge in [-0.25, -0.2) is 0 Å². The van der Waals surface area contributed by atoms with Crippen molar-refractivity contribution >= 4 is 17.6 Å². The number of aryl methyl sites for hydroxylation is 1. The van der Waals surface area contributed by atoms with E-state index in [4.69, 9.17) is 0 Å². The number of carbonyl (C=O) groups is 2. The van der Waals surface area contributed by atoms with Gasteiger partial charge in [-0.15, -0.1) is 10.2 Å². The molecule has 21 heavy (non-hydrogen) atoms. The largest absolute Gasteiger partial charge is 0.297 e. The highest BCUT2D eigenvalue weighted by Crippen LogP contribution is 2.17. The number of nitrogens with zero attached hydrogens (tertiary/aromatic N) is 3. The summed E-state index contributed by atoms with van der Waals surface area (Å²) >= 11 is 0. The third-order valence-corrected chi connectivity index (χ3v) is 3.64. The molecule has 1 aliphatic rings. The van der Waals surface area contributed by atoms with Crippen LogP contribution in [0.15, 0.2) is 24.3 Å². The van der Waals surface area contributed by atoms with Crippen LogP contribution in [0.3, 0.4) is 0 Å². The number of benzene rings is 1. The van der Waals surface area contributed by atoms with Crippen molar-refractivity contribution in [2.45, 2.75) is 32.7 Å². The minimum absolute atomic E-state index is 0.0199. The molecule has 0 unspecified atom stereocenters. The zero-order valence-electron chi connectivity index (χ0n) is 11.8. The van der Waals surface area contributed by atoms with Gasteiger partial charge in [0, 0.05) is 24.1 Å². The number of hydrogen-bond donors (Lipinski definition) is 1. The number of aromatic nitrogens is 3. The smallest absolute Gasteiger partial charge is 0.258 e. The highest BCUT2D eigenvalue weighted by Gasteiger charge is 2.17. The molecule has 0 aliphatic carbocycles. The van der Waals surface area contributed by atoms with Crippen LogP contribution in [0.1, 0.15) is 46.3 Å². The molecule has 2 aromatic rings. The van der Waals surface area contributed by atoms with Crippen molar-refractivity contribution in [3.63, 3.8) is 0 Å². The summed E-state index contributed by atoms with van der Waals surface area (Å²) in [5, 5.41) is 10.9. The molecule has 3 rings (SSSR count). The van der Waals surface area contributed by atoms with Crippen LogP contribution in [0, 0.1) is 0 Å². The van der Waals surface area contributed by atoms with E-state index in [-0.39, 0.29) is 11.7 Å². The lowest BCUT2D eigenvalue weighted by Crippen LogP contribution is -2.18. The molecule has 2 heterocycles. The monoisotopic (exact) mass is 284 g/mol. The Kier molecular flexibility index (Phi) is 3.51. The number of fused-ring (bicyclic) bond motifs is 1. The minimum Gasteiger partial charge on any atom is -0.297 e. The van der Waals surface area contributed by atoms with Gasteiger partial charge in [0.2, 0.25) is 5.95 Å². The third kappa shape index (κ3) is 2.69. The van der Waals surface area contributed by atoms with Crippen LogP contribution >= 0.6 is 0 Å². The topological polar surface area (TPSA) is 76.9 Å². The number of amides is 1. The lowest BCUT2D eigenvalue weighted by molar-refractivity contribution is 0.100. The Labute approximate surface area is 122 Å². The molecule has 6 heteroatoms. The molecule has 0 saturated heterocycles. The highest BCUT2D eigenvalue weighted by atomic mass is 16.2. The van der Waals surface area contributed by atoms with Crippen LogP contribution in [0.25, 0.3) is 0 Å². The van der Waals surface area contributed by atoms with Crippen molar-refractivity contribution in [3.05, 3.63) is 41.2 Å². The first-order valence-corrected chi connectivity index (χ1v) is 6.99. The van der Waals surface area contributed by atoms with Gasteiger partial charge < -0.3 is 0 Å². The molecule has 0 atom stereocenters. The maximum Gasteiger partial charge on any atom is 0.258 e. The molecule has 1 N–H and O–H groups in total. The first kappa shape index (κ1) is 13.5. The number of anilines is 1. The molecule has 1 aromatic heterocycles. The molecule has 0 radical (unpaired) electrons. The molecular formula is C15H16N4O2. The second kappa shape index (κ2) is 5.47. The Morgan fingerprint density at radius 1 is 1.10 bits per heavy atom. The van der Waals surface area contributed by atoms with E-state index in [9.17, 15) is 9.59 Å².